The van der Waals surface area contributed by atoms with Crippen LogP contribution in [0.1, 0.15) is 16.4 Å². The van der Waals surface area contributed by atoms with E-state index >= 15 is 0 Å². The number of anilines is 1. The van der Waals surface area contributed by atoms with Gasteiger partial charge in [0.25, 0.3) is 0 Å². The Morgan fingerprint density at radius 3 is 2.74 bits per heavy atom. The maximum atomic E-state index is 5.89. The van der Waals surface area contributed by atoms with Gasteiger partial charge in [-0.1, -0.05) is 52.9 Å². The number of rotatable bonds is 5. The molecule has 2 rings (SSSR count). The van der Waals surface area contributed by atoms with Crippen LogP contribution in [0.4, 0.5) is 5.13 Å². The monoisotopic (exact) mass is 294 g/mol. The third kappa shape index (κ3) is 3.68. The Hall–Kier alpha value is -1.11. The molecule has 1 aromatic heterocycles. The summed E-state index contributed by atoms with van der Waals surface area (Å²) in [6.07, 6.45) is 0. The first-order valence-corrected chi connectivity index (χ1v) is 7.74. The van der Waals surface area contributed by atoms with Gasteiger partial charge in [0, 0.05) is 25.9 Å². The standard InChI is InChI=1S/C13H18N4S2/c1-9-5-4-6-10(7-9)11(8-14)18-13-16-15-12(19-13)17(2)3/h4-7,11H,8,14H2,1-3H3. The first-order valence-electron chi connectivity index (χ1n) is 6.04. The number of benzene rings is 1. The largest absolute Gasteiger partial charge is 0.353 e. The Morgan fingerprint density at radius 2 is 2.16 bits per heavy atom. The van der Waals surface area contributed by atoms with Crippen molar-refractivity contribution >= 4 is 28.2 Å². The van der Waals surface area contributed by atoms with E-state index in [1.165, 1.54) is 11.1 Å². The van der Waals surface area contributed by atoms with Gasteiger partial charge in [-0.25, -0.2) is 0 Å². The molecule has 0 spiro atoms. The zero-order valence-electron chi connectivity index (χ0n) is 11.3. The summed E-state index contributed by atoms with van der Waals surface area (Å²) in [4.78, 5) is 1.96. The normalized spacial score (nSPS) is 12.4. The van der Waals surface area contributed by atoms with Crippen LogP contribution in [-0.2, 0) is 0 Å². The molecule has 0 aliphatic carbocycles. The fourth-order valence-corrected chi connectivity index (χ4v) is 3.65. The molecule has 4 nitrogen and oxygen atoms in total. The third-order valence-electron chi connectivity index (χ3n) is 2.65. The molecule has 0 aliphatic rings. The van der Waals surface area contributed by atoms with Crippen molar-refractivity contribution in [1.29, 1.82) is 0 Å². The van der Waals surface area contributed by atoms with Crippen LogP contribution >= 0.6 is 23.1 Å². The molecule has 0 radical (unpaired) electrons. The summed E-state index contributed by atoms with van der Waals surface area (Å²) >= 11 is 3.28. The van der Waals surface area contributed by atoms with Gasteiger partial charge in [0.15, 0.2) is 4.34 Å². The minimum absolute atomic E-state index is 0.225. The van der Waals surface area contributed by atoms with Crippen molar-refractivity contribution in [3.8, 4) is 0 Å². The molecule has 102 valence electrons. The van der Waals surface area contributed by atoms with Crippen molar-refractivity contribution in [1.82, 2.24) is 10.2 Å². The maximum Gasteiger partial charge on any atom is 0.208 e. The van der Waals surface area contributed by atoms with E-state index in [0.29, 0.717) is 6.54 Å². The second-order valence-corrected chi connectivity index (χ2v) is 6.91. The quantitative estimate of drug-likeness (QED) is 0.859. The van der Waals surface area contributed by atoms with E-state index < -0.39 is 0 Å². The molecule has 1 atom stereocenters. The molecule has 2 N–H and O–H groups in total. The van der Waals surface area contributed by atoms with Crippen molar-refractivity contribution in [3.63, 3.8) is 0 Å². The van der Waals surface area contributed by atoms with Gasteiger partial charge in [-0.2, -0.15) is 0 Å². The number of aromatic nitrogens is 2. The summed E-state index contributed by atoms with van der Waals surface area (Å²) in [5.74, 6) is 0. The molecule has 0 saturated carbocycles. The Labute approximate surface area is 122 Å². The Balaban J connectivity index is 2.14. The third-order valence-corrected chi connectivity index (χ3v) is 5.11. The highest BCUT2D eigenvalue weighted by Gasteiger charge is 2.15. The van der Waals surface area contributed by atoms with Crippen molar-refractivity contribution in [3.05, 3.63) is 35.4 Å². The van der Waals surface area contributed by atoms with E-state index in [-0.39, 0.29) is 5.25 Å². The summed E-state index contributed by atoms with van der Waals surface area (Å²) < 4.78 is 0.959. The Morgan fingerprint density at radius 1 is 1.37 bits per heavy atom. The van der Waals surface area contributed by atoms with Crippen LogP contribution in [0, 0.1) is 6.92 Å². The van der Waals surface area contributed by atoms with Crippen molar-refractivity contribution in [2.75, 3.05) is 25.5 Å². The SMILES string of the molecule is Cc1cccc(C(CN)Sc2nnc(N(C)C)s2)c1. The van der Waals surface area contributed by atoms with Crippen molar-refractivity contribution in [2.24, 2.45) is 5.73 Å². The summed E-state index contributed by atoms with van der Waals surface area (Å²) in [7, 11) is 3.94. The van der Waals surface area contributed by atoms with Gasteiger partial charge in [0.2, 0.25) is 5.13 Å². The number of nitrogens with zero attached hydrogens (tertiary/aromatic N) is 3. The van der Waals surface area contributed by atoms with E-state index in [1.807, 2.05) is 19.0 Å². The van der Waals surface area contributed by atoms with E-state index in [0.717, 1.165) is 9.47 Å². The maximum absolute atomic E-state index is 5.89. The molecule has 0 bridgehead atoms. The van der Waals surface area contributed by atoms with Crippen LogP contribution in [0.2, 0.25) is 0 Å². The zero-order chi connectivity index (χ0) is 13.8. The number of hydrogen-bond acceptors (Lipinski definition) is 6. The average molecular weight is 294 g/mol. The van der Waals surface area contributed by atoms with E-state index in [4.69, 9.17) is 5.73 Å². The number of hydrogen-bond donors (Lipinski definition) is 1. The van der Waals surface area contributed by atoms with Gasteiger partial charge < -0.3 is 10.6 Å². The lowest BCUT2D eigenvalue weighted by Crippen LogP contribution is -2.09. The molecule has 6 heteroatoms. The zero-order valence-corrected chi connectivity index (χ0v) is 13.0. The van der Waals surface area contributed by atoms with Gasteiger partial charge >= 0.3 is 0 Å². The molecule has 1 aromatic carbocycles. The molecule has 0 aliphatic heterocycles. The highest BCUT2D eigenvalue weighted by Crippen LogP contribution is 2.37. The summed E-state index contributed by atoms with van der Waals surface area (Å²) in [6, 6.07) is 8.46. The van der Waals surface area contributed by atoms with Crippen LogP contribution in [0.15, 0.2) is 28.6 Å². The van der Waals surface area contributed by atoms with Crippen LogP contribution in [0.3, 0.4) is 0 Å². The summed E-state index contributed by atoms with van der Waals surface area (Å²) in [5, 5.41) is 9.50. The fraction of sp³-hybridized carbons (Fsp3) is 0.385. The minimum atomic E-state index is 0.225. The van der Waals surface area contributed by atoms with Gasteiger partial charge in [0.05, 0.1) is 0 Å². The lowest BCUT2D eigenvalue weighted by molar-refractivity contribution is 0.926. The topological polar surface area (TPSA) is 55.0 Å². The minimum Gasteiger partial charge on any atom is -0.353 e. The number of nitrogens with two attached hydrogens (primary N) is 1. The van der Waals surface area contributed by atoms with Gasteiger partial charge in [-0.15, -0.1) is 10.2 Å². The Bertz CT molecular complexity index is 539. The molecular formula is C13H18N4S2. The van der Waals surface area contributed by atoms with E-state index in [9.17, 15) is 0 Å². The van der Waals surface area contributed by atoms with Crippen LogP contribution in [-0.4, -0.2) is 30.8 Å². The molecule has 0 amide bonds. The van der Waals surface area contributed by atoms with Crippen LogP contribution < -0.4 is 10.6 Å². The number of aryl methyl sites for hydroxylation is 1. The van der Waals surface area contributed by atoms with Crippen LogP contribution in [0.25, 0.3) is 0 Å². The van der Waals surface area contributed by atoms with Gasteiger partial charge in [-0.3, -0.25) is 0 Å². The second kappa shape index (κ2) is 6.36. The van der Waals surface area contributed by atoms with Crippen molar-refractivity contribution in [2.45, 2.75) is 16.5 Å². The molecule has 1 heterocycles. The molecule has 1 unspecified atom stereocenters. The molecule has 0 fully saturated rings. The lowest BCUT2D eigenvalue weighted by atomic mass is 10.1. The van der Waals surface area contributed by atoms with Crippen molar-refractivity contribution < 1.29 is 0 Å². The molecule has 19 heavy (non-hydrogen) atoms. The highest BCUT2D eigenvalue weighted by molar-refractivity contribution is 8.01. The smallest absolute Gasteiger partial charge is 0.208 e. The first kappa shape index (κ1) is 14.3. The molecular weight excluding hydrogens is 276 g/mol. The Kier molecular flexibility index (Phi) is 4.79. The van der Waals surface area contributed by atoms with Crippen LogP contribution in [0.5, 0.6) is 0 Å². The molecule has 2 aromatic rings. The fourth-order valence-electron chi connectivity index (χ4n) is 1.68. The van der Waals surface area contributed by atoms with E-state index in [2.05, 4.69) is 41.4 Å². The van der Waals surface area contributed by atoms with Gasteiger partial charge in [0.1, 0.15) is 0 Å². The van der Waals surface area contributed by atoms with E-state index in [1.54, 1.807) is 23.1 Å². The predicted octanol–water partition coefficient (Wildman–Crippen LogP) is 2.70. The number of thioether (sulfide) groups is 1. The first-order chi connectivity index (χ1) is 9.10. The predicted molar refractivity (Wildman–Crippen MR) is 83.1 cm³/mol. The average Bonchev–Trinajstić information content (AvgIpc) is 2.84. The lowest BCUT2D eigenvalue weighted by Gasteiger charge is -2.13. The summed E-state index contributed by atoms with van der Waals surface area (Å²) in [6.45, 7) is 2.68. The highest BCUT2D eigenvalue weighted by atomic mass is 32.2. The summed E-state index contributed by atoms with van der Waals surface area (Å²) in [5.41, 5.74) is 8.39. The second-order valence-electron chi connectivity index (χ2n) is 4.50. The van der Waals surface area contributed by atoms with Gasteiger partial charge in [-0.05, 0) is 12.5 Å². The molecule has 0 saturated heterocycles.